The van der Waals surface area contributed by atoms with E-state index >= 15 is 0 Å². The van der Waals surface area contributed by atoms with E-state index in [0.29, 0.717) is 34.5 Å². The van der Waals surface area contributed by atoms with Gasteiger partial charge in [0, 0.05) is 22.3 Å². The maximum atomic E-state index is 12.9. The van der Waals surface area contributed by atoms with Crippen LogP contribution in [0.4, 0.5) is 5.69 Å². The first-order chi connectivity index (χ1) is 16.8. The van der Waals surface area contributed by atoms with Crippen molar-refractivity contribution in [3.63, 3.8) is 0 Å². The zero-order chi connectivity index (χ0) is 25.4. The second kappa shape index (κ2) is 12.6. The summed E-state index contributed by atoms with van der Waals surface area (Å²) in [5.74, 6) is 1.12. The minimum atomic E-state index is -0.386. The lowest BCUT2D eigenvalue weighted by molar-refractivity contribution is -0.113. The Morgan fingerprint density at radius 3 is 2.43 bits per heavy atom. The van der Waals surface area contributed by atoms with Crippen molar-refractivity contribution >= 4 is 45.2 Å². The fraction of sp³-hybridized carbons (Fsp3) is 0.280. The van der Waals surface area contributed by atoms with Gasteiger partial charge in [0.05, 0.1) is 18.9 Å². The van der Waals surface area contributed by atoms with Gasteiger partial charge < -0.3 is 19.9 Å². The largest absolute Gasteiger partial charge is 0.497 e. The molecule has 2 N–H and O–H groups in total. The van der Waals surface area contributed by atoms with Crippen LogP contribution in [0, 0.1) is 5.92 Å². The summed E-state index contributed by atoms with van der Waals surface area (Å²) >= 11 is 4.66. The first-order valence-electron chi connectivity index (χ1n) is 11.0. The number of halogens is 1. The molecule has 0 aliphatic carbocycles. The summed E-state index contributed by atoms with van der Waals surface area (Å²) in [7, 11) is 1.58. The quantitative estimate of drug-likeness (QED) is 0.251. The number of anilines is 1. The number of hydrogen-bond acceptors (Lipinski definition) is 6. The van der Waals surface area contributed by atoms with Crippen LogP contribution in [0.25, 0.3) is 0 Å². The smallest absolute Gasteiger partial charge is 0.251 e. The summed E-state index contributed by atoms with van der Waals surface area (Å²) in [6, 6.07) is 13.9. The first-order valence-corrected chi connectivity index (χ1v) is 12.8. The molecule has 1 heterocycles. The van der Waals surface area contributed by atoms with Gasteiger partial charge in [0.2, 0.25) is 5.91 Å². The van der Waals surface area contributed by atoms with E-state index in [2.05, 4.69) is 43.3 Å². The zero-order valence-electron chi connectivity index (χ0n) is 19.8. The molecule has 184 valence electrons. The van der Waals surface area contributed by atoms with Crippen LogP contribution in [-0.4, -0.2) is 39.4 Å². The Kier molecular flexibility index (Phi) is 9.50. The van der Waals surface area contributed by atoms with Crippen LogP contribution in [0.3, 0.4) is 0 Å². The predicted molar refractivity (Wildman–Crippen MR) is 142 cm³/mol. The minimum absolute atomic E-state index is 0.0449. The number of rotatable bonds is 11. The number of allylic oxidation sites excluding steroid dienone is 1. The Labute approximate surface area is 217 Å². The highest BCUT2D eigenvalue weighted by atomic mass is 79.9. The molecular weight excluding hydrogens is 530 g/mol. The highest BCUT2D eigenvalue weighted by Crippen LogP contribution is 2.26. The van der Waals surface area contributed by atoms with E-state index in [0.717, 1.165) is 4.47 Å². The van der Waals surface area contributed by atoms with E-state index in [-0.39, 0.29) is 29.5 Å². The van der Waals surface area contributed by atoms with Crippen molar-refractivity contribution < 1.29 is 14.3 Å². The van der Waals surface area contributed by atoms with Crippen LogP contribution in [0.15, 0.2) is 70.8 Å². The number of methoxy groups -OCH3 is 1. The lowest BCUT2D eigenvalue weighted by Crippen LogP contribution is -2.33. The van der Waals surface area contributed by atoms with E-state index in [4.69, 9.17) is 4.74 Å². The van der Waals surface area contributed by atoms with Crippen molar-refractivity contribution in [2.45, 2.75) is 31.6 Å². The second-order valence-electron chi connectivity index (χ2n) is 8.01. The molecule has 8 nitrogen and oxygen atoms in total. The van der Waals surface area contributed by atoms with Gasteiger partial charge in [-0.25, -0.2) is 0 Å². The Balaban J connectivity index is 1.73. The molecule has 0 saturated heterocycles. The fourth-order valence-corrected chi connectivity index (χ4v) is 4.31. The van der Waals surface area contributed by atoms with Crippen LogP contribution in [0.1, 0.15) is 36.1 Å². The van der Waals surface area contributed by atoms with Gasteiger partial charge in [-0.1, -0.05) is 47.6 Å². The molecule has 2 amide bonds. The third-order valence-electron chi connectivity index (χ3n) is 5.10. The highest BCUT2D eigenvalue weighted by Gasteiger charge is 2.26. The summed E-state index contributed by atoms with van der Waals surface area (Å²) in [5, 5.41) is 15.2. The number of carbonyl (C=O) groups is 2. The summed E-state index contributed by atoms with van der Waals surface area (Å²) in [6.45, 7) is 8.29. The Bertz CT molecular complexity index is 1160. The Morgan fingerprint density at radius 2 is 1.83 bits per heavy atom. The maximum absolute atomic E-state index is 12.9. The normalized spacial score (nSPS) is 11.7. The molecule has 0 saturated carbocycles. The molecule has 0 fully saturated rings. The molecule has 1 atom stereocenters. The van der Waals surface area contributed by atoms with Crippen molar-refractivity contribution in [3.8, 4) is 5.75 Å². The monoisotopic (exact) mass is 557 g/mol. The van der Waals surface area contributed by atoms with E-state index in [1.54, 1.807) is 37.5 Å². The molecule has 3 aromatic rings. The number of amides is 2. The van der Waals surface area contributed by atoms with Crippen LogP contribution in [0.2, 0.25) is 0 Å². The molecule has 0 radical (unpaired) electrons. The topological polar surface area (TPSA) is 98.1 Å². The predicted octanol–water partition coefficient (Wildman–Crippen LogP) is 5.09. The van der Waals surface area contributed by atoms with Crippen LogP contribution in [0.5, 0.6) is 5.75 Å². The highest BCUT2D eigenvalue weighted by molar-refractivity contribution is 9.10. The average Bonchev–Trinajstić information content (AvgIpc) is 3.24. The zero-order valence-corrected chi connectivity index (χ0v) is 22.2. The van der Waals surface area contributed by atoms with Crippen molar-refractivity contribution in [2.75, 3.05) is 18.2 Å². The van der Waals surface area contributed by atoms with E-state index in [1.807, 2.05) is 42.7 Å². The summed E-state index contributed by atoms with van der Waals surface area (Å²) in [6.07, 6.45) is 1.74. The fourth-order valence-electron chi connectivity index (χ4n) is 3.29. The van der Waals surface area contributed by atoms with Crippen LogP contribution < -0.4 is 15.4 Å². The van der Waals surface area contributed by atoms with Crippen molar-refractivity contribution in [3.05, 3.63) is 77.0 Å². The van der Waals surface area contributed by atoms with Gasteiger partial charge in [0.1, 0.15) is 5.75 Å². The van der Waals surface area contributed by atoms with Crippen molar-refractivity contribution in [1.82, 2.24) is 20.1 Å². The molecule has 1 aromatic heterocycles. The molecule has 0 aliphatic heterocycles. The van der Waals surface area contributed by atoms with Crippen LogP contribution in [-0.2, 0) is 11.3 Å². The van der Waals surface area contributed by atoms with Crippen molar-refractivity contribution in [1.29, 1.82) is 0 Å². The van der Waals surface area contributed by atoms with Gasteiger partial charge in [-0.2, -0.15) is 0 Å². The number of nitrogens with one attached hydrogen (secondary N) is 2. The second-order valence-corrected chi connectivity index (χ2v) is 9.87. The molecule has 0 aliphatic rings. The molecule has 10 heteroatoms. The van der Waals surface area contributed by atoms with Gasteiger partial charge in [-0.15, -0.1) is 16.8 Å². The lowest BCUT2D eigenvalue weighted by Gasteiger charge is -2.22. The molecule has 0 spiro atoms. The number of aromatic nitrogens is 3. The van der Waals surface area contributed by atoms with Gasteiger partial charge >= 0.3 is 0 Å². The average molecular weight is 559 g/mol. The van der Waals surface area contributed by atoms with E-state index < -0.39 is 0 Å². The van der Waals surface area contributed by atoms with Gasteiger partial charge in [-0.3, -0.25) is 9.59 Å². The van der Waals surface area contributed by atoms with E-state index in [1.165, 1.54) is 11.8 Å². The van der Waals surface area contributed by atoms with Gasteiger partial charge in [0.15, 0.2) is 11.0 Å². The first kappa shape index (κ1) is 26.5. The number of nitrogens with zero attached hydrogens (tertiary/aromatic N) is 3. The third-order valence-corrected chi connectivity index (χ3v) is 6.60. The Morgan fingerprint density at radius 1 is 1.14 bits per heavy atom. The molecule has 2 aromatic carbocycles. The molecule has 0 bridgehead atoms. The lowest BCUT2D eigenvalue weighted by atomic mass is 10.0. The Hall–Kier alpha value is -3.11. The number of thioether (sulfide) groups is 1. The number of carbonyl (C=O) groups excluding carboxylic acids is 2. The molecule has 3 rings (SSSR count). The summed E-state index contributed by atoms with van der Waals surface area (Å²) in [4.78, 5) is 25.4. The molecule has 0 unspecified atom stereocenters. The SMILES string of the molecule is C=CCn1c(SCC(=O)Nc2ccc(Br)cc2)nnc1[C@@H](NC(=O)c1ccc(OC)cc1)C(C)C. The molecule has 35 heavy (non-hydrogen) atoms. The van der Waals surface area contributed by atoms with E-state index in [9.17, 15) is 9.59 Å². The number of hydrogen-bond donors (Lipinski definition) is 2. The van der Waals surface area contributed by atoms with Gasteiger partial charge in [0.25, 0.3) is 5.91 Å². The summed E-state index contributed by atoms with van der Waals surface area (Å²) in [5.41, 5.74) is 1.23. The standard InChI is InChI=1S/C25H28BrN5O3S/c1-5-14-31-23(22(16(2)3)28-24(33)17-6-12-20(34-4)13-7-17)29-30-25(31)35-15-21(32)27-19-10-8-18(26)9-11-19/h5-13,16,22H,1,14-15H2,2-4H3,(H,27,32)(H,28,33)/t22-/m0/s1. The minimum Gasteiger partial charge on any atom is -0.497 e. The number of ether oxygens (including phenoxy) is 1. The summed E-state index contributed by atoms with van der Waals surface area (Å²) < 4.78 is 7.98. The number of benzene rings is 2. The maximum Gasteiger partial charge on any atom is 0.251 e. The van der Waals surface area contributed by atoms with Gasteiger partial charge in [-0.05, 0) is 54.4 Å². The van der Waals surface area contributed by atoms with Crippen LogP contribution >= 0.6 is 27.7 Å². The van der Waals surface area contributed by atoms with Crippen molar-refractivity contribution in [2.24, 2.45) is 5.92 Å². The molecular formula is C25H28BrN5O3S. The third kappa shape index (κ3) is 7.19.